The van der Waals surface area contributed by atoms with Crippen LogP contribution in [0.25, 0.3) is 0 Å². The molecule has 4 aliphatic carbocycles. The molecule has 1 heterocycles. The molecule has 1 aliphatic heterocycles. The second-order valence-corrected chi connectivity index (χ2v) is 8.95. The monoisotopic (exact) mass is 402 g/mol. The fourth-order valence-electron chi connectivity index (χ4n) is 5.90. The predicted octanol–water partition coefficient (Wildman–Crippen LogP) is 3.09. The lowest BCUT2D eigenvalue weighted by Crippen LogP contribution is -2.61. The number of nitrogens with zero attached hydrogens (tertiary/aromatic N) is 2. The zero-order valence-corrected chi connectivity index (χ0v) is 16.2. The minimum absolute atomic E-state index is 0.0599. The Labute approximate surface area is 167 Å². The van der Waals surface area contributed by atoms with Gasteiger partial charge < -0.3 is 14.8 Å². The topological polar surface area (TPSA) is 98.0 Å². The fourth-order valence-corrected chi connectivity index (χ4v) is 6.17. The largest absolute Gasteiger partial charge is 0.454 e. The Balaban J connectivity index is 1.26. The number of nitro benzene ring substituents is 1. The number of fused-ring (bicyclic) bond motifs is 1. The molecule has 6 rings (SSSR count). The SMILES string of the molecule is O=[N+]([O-])c1cc2c(cc1/C=N/NC(=S)NC13CC4CC(CC(C4)C1)C3)OCO2. The summed E-state index contributed by atoms with van der Waals surface area (Å²) in [7, 11) is 0. The van der Waals surface area contributed by atoms with E-state index in [1.165, 1.54) is 50.8 Å². The van der Waals surface area contributed by atoms with Crippen LogP contribution in [-0.4, -0.2) is 28.6 Å². The van der Waals surface area contributed by atoms with Crippen LogP contribution >= 0.6 is 12.2 Å². The molecule has 0 saturated heterocycles. The van der Waals surface area contributed by atoms with Gasteiger partial charge in [-0.1, -0.05) is 0 Å². The summed E-state index contributed by atoms with van der Waals surface area (Å²) in [6, 6.07) is 2.91. The van der Waals surface area contributed by atoms with Gasteiger partial charge in [0.15, 0.2) is 16.6 Å². The summed E-state index contributed by atoms with van der Waals surface area (Å²) in [5.41, 5.74) is 3.18. The van der Waals surface area contributed by atoms with Crippen LogP contribution in [0.5, 0.6) is 11.5 Å². The summed E-state index contributed by atoms with van der Waals surface area (Å²) >= 11 is 5.45. The molecule has 0 aromatic heterocycles. The second-order valence-electron chi connectivity index (χ2n) is 8.54. The van der Waals surface area contributed by atoms with Crippen molar-refractivity contribution in [1.82, 2.24) is 10.7 Å². The highest BCUT2D eigenvalue weighted by Gasteiger charge is 2.51. The third kappa shape index (κ3) is 3.17. The van der Waals surface area contributed by atoms with E-state index >= 15 is 0 Å². The molecule has 4 bridgehead atoms. The molecule has 0 unspecified atom stereocenters. The van der Waals surface area contributed by atoms with Crippen LogP contribution in [-0.2, 0) is 0 Å². The maximum absolute atomic E-state index is 11.3. The molecule has 4 saturated carbocycles. The van der Waals surface area contributed by atoms with E-state index in [4.69, 9.17) is 21.7 Å². The first-order valence-corrected chi connectivity index (χ1v) is 10.1. The molecule has 1 aromatic carbocycles. The number of hydrazone groups is 1. The van der Waals surface area contributed by atoms with Gasteiger partial charge in [-0.3, -0.25) is 15.5 Å². The van der Waals surface area contributed by atoms with Crippen LogP contribution < -0.4 is 20.2 Å². The van der Waals surface area contributed by atoms with Gasteiger partial charge in [0.05, 0.1) is 22.8 Å². The highest BCUT2D eigenvalue weighted by Crippen LogP contribution is 2.55. The first kappa shape index (κ1) is 17.7. The van der Waals surface area contributed by atoms with E-state index in [9.17, 15) is 10.1 Å². The molecule has 28 heavy (non-hydrogen) atoms. The van der Waals surface area contributed by atoms with Crippen LogP contribution in [0, 0.1) is 27.9 Å². The summed E-state index contributed by atoms with van der Waals surface area (Å²) in [6.07, 6.45) is 9.04. The van der Waals surface area contributed by atoms with Crippen LogP contribution in [0.1, 0.15) is 44.1 Å². The Morgan fingerprint density at radius 3 is 2.39 bits per heavy atom. The van der Waals surface area contributed by atoms with Gasteiger partial charge in [-0.05, 0) is 74.6 Å². The molecular formula is C19H22N4O4S. The van der Waals surface area contributed by atoms with Crippen molar-refractivity contribution in [2.75, 3.05) is 6.79 Å². The van der Waals surface area contributed by atoms with Crippen molar-refractivity contribution in [2.24, 2.45) is 22.9 Å². The zero-order valence-electron chi connectivity index (χ0n) is 15.3. The van der Waals surface area contributed by atoms with Crippen molar-refractivity contribution in [1.29, 1.82) is 0 Å². The van der Waals surface area contributed by atoms with Crippen molar-refractivity contribution in [3.63, 3.8) is 0 Å². The summed E-state index contributed by atoms with van der Waals surface area (Å²) < 4.78 is 10.5. The average Bonchev–Trinajstić information content (AvgIpc) is 3.06. The lowest BCUT2D eigenvalue weighted by Gasteiger charge is -2.57. The smallest absolute Gasteiger partial charge is 0.282 e. The molecule has 0 spiro atoms. The first-order valence-electron chi connectivity index (χ1n) is 9.69. The second kappa shape index (κ2) is 6.58. The number of rotatable bonds is 4. The van der Waals surface area contributed by atoms with Gasteiger partial charge in [0, 0.05) is 5.54 Å². The van der Waals surface area contributed by atoms with E-state index < -0.39 is 4.92 Å². The molecule has 9 heteroatoms. The Bertz CT molecular complexity index is 836. The standard InChI is InChI=1S/C19H22N4O4S/c24-23(25)15-5-17-16(26-10-27-17)4-14(15)9-20-22-18(28)21-19-6-11-1-12(7-19)3-13(2-11)8-19/h4-5,9,11-13H,1-3,6-8,10H2,(H2,21,22,28)/b20-9+. The lowest BCUT2D eigenvalue weighted by molar-refractivity contribution is -0.385. The van der Waals surface area contributed by atoms with E-state index in [2.05, 4.69) is 15.8 Å². The predicted molar refractivity (Wildman–Crippen MR) is 107 cm³/mol. The van der Waals surface area contributed by atoms with Crippen molar-refractivity contribution in [2.45, 2.75) is 44.1 Å². The number of hydrogen-bond acceptors (Lipinski definition) is 6. The lowest BCUT2D eigenvalue weighted by atomic mass is 9.53. The van der Waals surface area contributed by atoms with Gasteiger partial charge in [0.25, 0.3) is 5.69 Å². The quantitative estimate of drug-likeness (QED) is 0.346. The Morgan fingerprint density at radius 1 is 1.18 bits per heavy atom. The van der Waals surface area contributed by atoms with Gasteiger partial charge in [-0.2, -0.15) is 5.10 Å². The van der Waals surface area contributed by atoms with E-state index in [0.29, 0.717) is 22.2 Å². The molecule has 4 fully saturated rings. The normalized spacial score (nSPS) is 31.9. The third-order valence-corrected chi connectivity index (χ3v) is 6.70. The number of thiocarbonyl (C=S) groups is 1. The van der Waals surface area contributed by atoms with E-state index in [1.54, 1.807) is 6.07 Å². The maximum Gasteiger partial charge on any atom is 0.282 e. The van der Waals surface area contributed by atoms with Crippen molar-refractivity contribution in [3.05, 3.63) is 27.8 Å². The number of hydrogen-bond donors (Lipinski definition) is 2. The number of nitrogens with one attached hydrogen (secondary N) is 2. The Morgan fingerprint density at radius 2 is 1.79 bits per heavy atom. The van der Waals surface area contributed by atoms with Gasteiger partial charge in [0.2, 0.25) is 6.79 Å². The molecule has 148 valence electrons. The Kier molecular flexibility index (Phi) is 4.15. The third-order valence-electron chi connectivity index (χ3n) is 6.51. The Hall–Kier alpha value is -2.42. The van der Waals surface area contributed by atoms with E-state index in [-0.39, 0.29) is 18.0 Å². The number of nitro groups is 1. The molecule has 0 atom stereocenters. The van der Waals surface area contributed by atoms with E-state index in [1.807, 2.05) is 0 Å². The van der Waals surface area contributed by atoms with Gasteiger partial charge in [0.1, 0.15) is 0 Å². The molecule has 0 amide bonds. The van der Waals surface area contributed by atoms with Crippen molar-refractivity contribution >= 4 is 29.2 Å². The minimum atomic E-state index is -0.463. The molecule has 0 radical (unpaired) electrons. The highest BCUT2D eigenvalue weighted by molar-refractivity contribution is 7.80. The van der Waals surface area contributed by atoms with Crippen LogP contribution in [0.2, 0.25) is 0 Å². The summed E-state index contributed by atoms with van der Waals surface area (Å²) in [5, 5.41) is 19.4. The fraction of sp³-hybridized carbons (Fsp3) is 0.579. The molecular weight excluding hydrogens is 380 g/mol. The van der Waals surface area contributed by atoms with Crippen LogP contribution in [0.3, 0.4) is 0 Å². The van der Waals surface area contributed by atoms with E-state index in [0.717, 1.165) is 17.8 Å². The molecule has 8 nitrogen and oxygen atoms in total. The van der Waals surface area contributed by atoms with Crippen LogP contribution in [0.15, 0.2) is 17.2 Å². The van der Waals surface area contributed by atoms with Gasteiger partial charge in [-0.25, -0.2) is 0 Å². The molecule has 5 aliphatic rings. The van der Waals surface area contributed by atoms with Crippen molar-refractivity contribution < 1.29 is 14.4 Å². The highest BCUT2D eigenvalue weighted by atomic mass is 32.1. The number of ether oxygens (including phenoxy) is 2. The summed E-state index contributed by atoms with van der Waals surface area (Å²) in [5.74, 6) is 3.31. The average molecular weight is 402 g/mol. The summed E-state index contributed by atoms with van der Waals surface area (Å²) in [4.78, 5) is 10.9. The molecule has 2 N–H and O–H groups in total. The van der Waals surface area contributed by atoms with Gasteiger partial charge >= 0.3 is 0 Å². The van der Waals surface area contributed by atoms with Crippen molar-refractivity contribution in [3.8, 4) is 11.5 Å². The van der Waals surface area contributed by atoms with Gasteiger partial charge in [-0.15, -0.1) is 0 Å². The first-order chi connectivity index (χ1) is 13.5. The summed E-state index contributed by atoms with van der Waals surface area (Å²) in [6.45, 7) is 0.0599. The molecule has 1 aromatic rings. The van der Waals surface area contributed by atoms with Crippen LogP contribution in [0.4, 0.5) is 5.69 Å². The zero-order chi connectivity index (χ0) is 19.3. The maximum atomic E-state index is 11.3. The number of benzene rings is 1. The minimum Gasteiger partial charge on any atom is -0.454 e.